The average Bonchev–Trinajstić information content (AvgIpc) is 2.92. The van der Waals surface area contributed by atoms with Crippen LogP contribution in [-0.4, -0.2) is 13.3 Å². The molecule has 1 aliphatic rings. The molecule has 1 unspecified atom stereocenters. The van der Waals surface area contributed by atoms with Crippen LogP contribution in [0.5, 0.6) is 11.5 Å². The number of benzene rings is 2. The molecule has 0 bridgehead atoms. The summed E-state index contributed by atoms with van der Waals surface area (Å²) in [6.45, 7) is 0.756. The molecule has 0 radical (unpaired) electrons. The normalized spacial score (nSPS) is 14.3. The Hall–Kier alpha value is -2.07. The summed E-state index contributed by atoms with van der Waals surface area (Å²) in [5, 5.41) is 0. The fraction of sp³-hybridized carbons (Fsp3) is 0.250. The van der Waals surface area contributed by atoms with Gasteiger partial charge in [0.15, 0.2) is 11.5 Å². The van der Waals surface area contributed by atoms with E-state index >= 15 is 0 Å². The van der Waals surface area contributed by atoms with Crippen molar-refractivity contribution in [2.75, 3.05) is 13.3 Å². The maximum atomic E-state index is 13.2. The highest BCUT2D eigenvalue weighted by Gasteiger charge is 2.17. The Morgan fingerprint density at radius 1 is 1.10 bits per heavy atom. The van der Waals surface area contributed by atoms with Gasteiger partial charge in [0.2, 0.25) is 6.79 Å². The predicted molar refractivity (Wildman–Crippen MR) is 74.5 cm³/mol. The minimum absolute atomic E-state index is 0.131. The lowest BCUT2D eigenvalue weighted by Crippen LogP contribution is -2.15. The van der Waals surface area contributed by atoms with Crippen molar-refractivity contribution < 1.29 is 13.9 Å². The van der Waals surface area contributed by atoms with E-state index in [4.69, 9.17) is 15.2 Å². The standard InChI is InChI=1S/C16H16FNO2/c17-14-3-1-2-11(7-14)6-13(9-18)12-4-5-15-16(8-12)20-10-19-15/h1-5,7-8,13H,6,9-10,18H2. The summed E-state index contributed by atoms with van der Waals surface area (Å²) >= 11 is 0. The van der Waals surface area contributed by atoms with Gasteiger partial charge < -0.3 is 15.2 Å². The lowest BCUT2D eigenvalue weighted by atomic mass is 9.92. The number of hydrogen-bond donors (Lipinski definition) is 1. The van der Waals surface area contributed by atoms with Gasteiger partial charge in [0.25, 0.3) is 0 Å². The van der Waals surface area contributed by atoms with Crippen molar-refractivity contribution in [3.8, 4) is 11.5 Å². The molecular formula is C16H16FNO2. The van der Waals surface area contributed by atoms with Gasteiger partial charge in [-0.1, -0.05) is 18.2 Å². The van der Waals surface area contributed by atoms with Crippen LogP contribution in [0.4, 0.5) is 4.39 Å². The van der Waals surface area contributed by atoms with Crippen molar-refractivity contribution in [2.45, 2.75) is 12.3 Å². The van der Waals surface area contributed by atoms with Crippen molar-refractivity contribution in [1.82, 2.24) is 0 Å². The predicted octanol–water partition coefficient (Wildman–Crippen LogP) is 2.84. The van der Waals surface area contributed by atoms with E-state index in [1.807, 2.05) is 24.3 Å². The van der Waals surface area contributed by atoms with Crippen molar-refractivity contribution in [1.29, 1.82) is 0 Å². The van der Waals surface area contributed by atoms with Gasteiger partial charge >= 0.3 is 0 Å². The number of nitrogens with two attached hydrogens (primary N) is 1. The van der Waals surface area contributed by atoms with Crippen LogP contribution in [0.3, 0.4) is 0 Å². The molecular weight excluding hydrogens is 257 g/mol. The second-order valence-electron chi connectivity index (χ2n) is 4.88. The molecule has 1 aliphatic heterocycles. The van der Waals surface area contributed by atoms with Gasteiger partial charge in [-0.2, -0.15) is 0 Å². The van der Waals surface area contributed by atoms with Crippen molar-refractivity contribution in [3.05, 3.63) is 59.4 Å². The molecule has 2 aromatic carbocycles. The molecule has 1 atom stereocenters. The highest BCUT2D eigenvalue weighted by atomic mass is 19.1. The third-order valence-corrected chi connectivity index (χ3v) is 3.52. The molecule has 0 saturated heterocycles. The van der Waals surface area contributed by atoms with Crippen LogP contribution in [0, 0.1) is 5.82 Å². The summed E-state index contributed by atoms with van der Waals surface area (Å²) in [5.74, 6) is 1.42. The van der Waals surface area contributed by atoms with Crippen molar-refractivity contribution in [2.24, 2.45) is 5.73 Å². The van der Waals surface area contributed by atoms with Crippen LogP contribution in [0.15, 0.2) is 42.5 Å². The Labute approximate surface area is 117 Å². The number of rotatable bonds is 4. The Bertz CT molecular complexity index is 615. The highest BCUT2D eigenvalue weighted by molar-refractivity contribution is 5.45. The van der Waals surface area contributed by atoms with E-state index in [0.29, 0.717) is 13.0 Å². The van der Waals surface area contributed by atoms with Crippen LogP contribution in [0.25, 0.3) is 0 Å². The maximum Gasteiger partial charge on any atom is 0.231 e. The number of ether oxygens (including phenoxy) is 2. The van der Waals surface area contributed by atoms with Crippen LogP contribution in [-0.2, 0) is 6.42 Å². The molecule has 0 spiro atoms. The van der Waals surface area contributed by atoms with Crippen LogP contribution in [0.1, 0.15) is 17.0 Å². The average molecular weight is 273 g/mol. The Morgan fingerprint density at radius 3 is 2.75 bits per heavy atom. The third kappa shape index (κ3) is 2.60. The van der Waals surface area contributed by atoms with Crippen LogP contribution >= 0.6 is 0 Å². The molecule has 0 aliphatic carbocycles. The van der Waals surface area contributed by atoms with E-state index in [2.05, 4.69) is 0 Å². The van der Waals surface area contributed by atoms with E-state index in [9.17, 15) is 4.39 Å². The molecule has 104 valence electrons. The fourth-order valence-corrected chi connectivity index (χ4v) is 2.45. The SMILES string of the molecule is NCC(Cc1cccc(F)c1)c1ccc2c(c1)OCO2. The second-order valence-corrected chi connectivity index (χ2v) is 4.88. The van der Waals surface area contributed by atoms with E-state index in [-0.39, 0.29) is 18.5 Å². The second kappa shape index (κ2) is 5.51. The van der Waals surface area contributed by atoms with Crippen LogP contribution < -0.4 is 15.2 Å². The first kappa shape index (κ1) is 12.9. The van der Waals surface area contributed by atoms with E-state index in [1.165, 1.54) is 6.07 Å². The molecule has 0 fully saturated rings. The first-order valence-electron chi connectivity index (χ1n) is 6.60. The van der Waals surface area contributed by atoms with Gasteiger partial charge in [-0.25, -0.2) is 4.39 Å². The zero-order valence-electron chi connectivity index (χ0n) is 11.0. The summed E-state index contributed by atoms with van der Waals surface area (Å²) in [5.41, 5.74) is 7.90. The molecule has 4 heteroatoms. The Kier molecular flexibility index (Phi) is 3.56. The van der Waals surface area contributed by atoms with E-state index in [1.54, 1.807) is 12.1 Å². The number of fused-ring (bicyclic) bond motifs is 1. The zero-order valence-corrected chi connectivity index (χ0v) is 11.0. The first-order valence-corrected chi connectivity index (χ1v) is 6.60. The highest BCUT2D eigenvalue weighted by Crippen LogP contribution is 2.35. The summed E-state index contributed by atoms with van der Waals surface area (Å²) < 4.78 is 23.9. The minimum Gasteiger partial charge on any atom is -0.454 e. The largest absolute Gasteiger partial charge is 0.454 e. The maximum absolute atomic E-state index is 13.2. The summed E-state index contributed by atoms with van der Waals surface area (Å²) in [7, 11) is 0. The lowest BCUT2D eigenvalue weighted by molar-refractivity contribution is 0.174. The first-order chi connectivity index (χ1) is 9.76. The summed E-state index contributed by atoms with van der Waals surface area (Å²) in [6.07, 6.45) is 0.702. The minimum atomic E-state index is -0.219. The van der Waals surface area contributed by atoms with Gasteiger partial charge in [-0.05, 0) is 48.4 Å². The number of hydrogen-bond acceptors (Lipinski definition) is 3. The van der Waals surface area contributed by atoms with Gasteiger partial charge in [-0.3, -0.25) is 0 Å². The zero-order chi connectivity index (χ0) is 13.9. The van der Waals surface area contributed by atoms with Gasteiger partial charge in [-0.15, -0.1) is 0 Å². The van der Waals surface area contributed by atoms with Gasteiger partial charge in [0.05, 0.1) is 0 Å². The Balaban J connectivity index is 1.83. The lowest BCUT2D eigenvalue weighted by Gasteiger charge is -2.16. The van der Waals surface area contributed by atoms with E-state index in [0.717, 1.165) is 22.6 Å². The molecule has 3 nitrogen and oxygen atoms in total. The monoisotopic (exact) mass is 273 g/mol. The quantitative estimate of drug-likeness (QED) is 0.931. The van der Waals surface area contributed by atoms with Crippen molar-refractivity contribution >= 4 is 0 Å². The van der Waals surface area contributed by atoms with E-state index < -0.39 is 0 Å². The topological polar surface area (TPSA) is 44.5 Å². The smallest absolute Gasteiger partial charge is 0.231 e. The third-order valence-electron chi connectivity index (χ3n) is 3.52. The van der Waals surface area contributed by atoms with Gasteiger partial charge in [0, 0.05) is 5.92 Å². The molecule has 3 rings (SSSR count). The fourth-order valence-electron chi connectivity index (χ4n) is 2.45. The Morgan fingerprint density at radius 2 is 1.95 bits per heavy atom. The molecule has 1 heterocycles. The molecule has 2 aromatic rings. The molecule has 0 aromatic heterocycles. The summed E-state index contributed by atoms with van der Waals surface area (Å²) in [6, 6.07) is 12.5. The molecule has 20 heavy (non-hydrogen) atoms. The van der Waals surface area contributed by atoms with Crippen molar-refractivity contribution in [3.63, 3.8) is 0 Å². The van der Waals surface area contributed by atoms with Gasteiger partial charge in [0.1, 0.15) is 5.82 Å². The van der Waals surface area contributed by atoms with Crippen LogP contribution in [0.2, 0.25) is 0 Å². The number of halogens is 1. The summed E-state index contributed by atoms with van der Waals surface area (Å²) in [4.78, 5) is 0. The molecule has 0 saturated carbocycles. The molecule has 0 amide bonds. The molecule has 2 N–H and O–H groups in total.